The zero-order valence-corrected chi connectivity index (χ0v) is 16.3. The summed E-state index contributed by atoms with van der Waals surface area (Å²) < 4.78 is 11.3. The average Bonchev–Trinajstić information content (AvgIpc) is 3.17. The molecule has 1 saturated heterocycles. The normalized spacial score (nSPS) is 20.3. The van der Waals surface area contributed by atoms with Crippen LogP contribution >= 0.6 is 0 Å². The fourth-order valence-corrected chi connectivity index (χ4v) is 4.06. The standard InChI is InChI=1S/C21H23N3O5/c1-14-4-6-16(24(26)27)12-17(14)22-21(25)13-23-8-2-3-18(23)15-5-7-19-20(11-15)29-10-9-28-19/h4-7,11-12,18H,2-3,8-10,13H2,1H3,(H,22,25)/p+1/t18-/m1/s1. The number of nitro groups is 1. The smallest absolute Gasteiger partial charge is 0.279 e. The lowest BCUT2D eigenvalue weighted by Gasteiger charge is -2.24. The van der Waals surface area contributed by atoms with Crippen molar-refractivity contribution < 1.29 is 24.1 Å². The first-order chi connectivity index (χ1) is 14.0. The summed E-state index contributed by atoms with van der Waals surface area (Å²) in [5, 5.41) is 13.8. The van der Waals surface area contributed by atoms with E-state index in [9.17, 15) is 14.9 Å². The topological polar surface area (TPSA) is 95.1 Å². The number of carbonyl (C=O) groups excluding carboxylic acids is 1. The third-order valence-electron chi connectivity index (χ3n) is 5.55. The Hall–Kier alpha value is -3.13. The molecule has 2 N–H and O–H groups in total. The second-order valence-corrected chi connectivity index (χ2v) is 7.49. The number of rotatable bonds is 5. The number of quaternary nitrogens is 1. The largest absolute Gasteiger partial charge is 0.486 e. The number of nitrogens with one attached hydrogen (secondary N) is 2. The summed E-state index contributed by atoms with van der Waals surface area (Å²) in [6.07, 6.45) is 2.04. The number of likely N-dealkylation sites (tertiary alicyclic amines) is 1. The van der Waals surface area contributed by atoms with Gasteiger partial charge in [-0.2, -0.15) is 0 Å². The Labute approximate surface area is 168 Å². The van der Waals surface area contributed by atoms with Crippen molar-refractivity contribution in [3.63, 3.8) is 0 Å². The molecule has 4 rings (SSSR count). The molecule has 152 valence electrons. The molecule has 2 aromatic carbocycles. The lowest BCUT2D eigenvalue weighted by Crippen LogP contribution is -3.11. The Morgan fingerprint density at radius 3 is 2.79 bits per heavy atom. The number of non-ortho nitro benzene ring substituents is 1. The summed E-state index contributed by atoms with van der Waals surface area (Å²) in [4.78, 5) is 24.4. The van der Waals surface area contributed by atoms with E-state index in [0.29, 0.717) is 25.4 Å². The molecular formula is C21H24N3O5+. The molecule has 2 aromatic rings. The van der Waals surface area contributed by atoms with Crippen LogP contribution in [0, 0.1) is 17.0 Å². The van der Waals surface area contributed by atoms with Gasteiger partial charge in [0, 0.05) is 30.5 Å². The monoisotopic (exact) mass is 398 g/mol. The molecule has 2 atom stereocenters. The highest BCUT2D eigenvalue weighted by molar-refractivity contribution is 5.92. The first kappa shape index (κ1) is 19.2. The number of benzene rings is 2. The summed E-state index contributed by atoms with van der Waals surface area (Å²) in [5.41, 5.74) is 2.39. The highest BCUT2D eigenvalue weighted by atomic mass is 16.6. The van der Waals surface area contributed by atoms with Crippen molar-refractivity contribution in [2.45, 2.75) is 25.8 Å². The maximum Gasteiger partial charge on any atom is 0.279 e. The molecule has 0 aliphatic carbocycles. The van der Waals surface area contributed by atoms with Crippen LogP contribution in [-0.4, -0.2) is 37.1 Å². The number of anilines is 1. The molecule has 1 amide bonds. The molecule has 8 nitrogen and oxygen atoms in total. The fourth-order valence-electron chi connectivity index (χ4n) is 4.06. The van der Waals surface area contributed by atoms with Gasteiger partial charge in [-0.1, -0.05) is 6.07 Å². The molecule has 8 heteroatoms. The van der Waals surface area contributed by atoms with Crippen molar-refractivity contribution in [3.05, 3.63) is 57.6 Å². The first-order valence-electron chi connectivity index (χ1n) is 9.80. The number of hydrogen-bond acceptors (Lipinski definition) is 5. The summed E-state index contributed by atoms with van der Waals surface area (Å²) in [5.74, 6) is 1.38. The van der Waals surface area contributed by atoms with Crippen molar-refractivity contribution in [2.75, 3.05) is 31.6 Å². The van der Waals surface area contributed by atoms with E-state index in [0.717, 1.165) is 42.0 Å². The average molecular weight is 398 g/mol. The Morgan fingerprint density at radius 2 is 2.00 bits per heavy atom. The highest BCUT2D eigenvalue weighted by Crippen LogP contribution is 2.33. The summed E-state index contributed by atoms with van der Waals surface area (Å²) in [6.45, 7) is 4.13. The molecule has 1 unspecified atom stereocenters. The molecule has 0 spiro atoms. The molecular weight excluding hydrogens is 374 g/mol. The molecule has 0 saturated carbocycles. The Kier molecular flexibility index (Phi) is 5.35. The Morgan fingerprint density at radius 1 is 1.21 bits per heavy atom. The van der Waals surface area contributed by atoms with E-state index in [1.165, 1.54) is 17.0 Å². The van der Waals surface area contributed by atoms with Crippen molar-refractivity contribution >= 4 is 17.3 Å². The van der Waals surface area contributed by atoms with Gasteiger partial charge in [-0.05, 0) is 30.7 Å². The number of nitro benzene ring substituents is 1. The van der Waals surface area contributed by atoms with E-state index in [1.54, 1.807) is 6.07 Å². The summed E-state index contributed by atoms with van der Waals surface area (Å²) >= 11 is 0. The lowest BCUT2D eigenvalue weighted by atomic mass is 10.0. The molecule has 2 aliphatic rings. The molecule has 0 aromatic heterocycles. The van der Waals surface area contributed by atoms with Crippen LogP contribution in [0.25, 0.3) is 0 Å². The Balaban J connectivity index is 1.45. The van der Waals surface area contributed by atoms with Crippen LogP contribution in [0.3, 0.4) is 0 Å². The molecule has 2 aliphatic heterocycles. The van der Waals surface area contributed by atoms with Crippen LogP contribution in [0.4, 0.5) is 11.4 Å². The van der Waals surface area contributed by atoms with Gasteiger partial charge in [-0.25, -0.2) is 0 Å². The van der Waals surface area contributed by atoms with Crippen molar-refractivity contribution in [1.29, 1.82) is 0 Å². The van der Waals surface area contributed by atoms with E-state index >= 15 is 0 Å². The quantitative estimate of drug-likeness (QED) is 0.594. The van der Waals surface area contributed by atoms with Crippen molar-refractivity contribution in [2.24, 2.45) is 0 Å². The maximum atomic E-state index is 12.7. The van der Waals surface area contributed by atoms with Gasteiger partial charge in [0.2, 0.25) is 0 Å². The van der Waals surface area contributed by atoms with Crippen LogP contribution in [0.2, 0.25) is 0 Å². The minimum absolute atomic E-state index is 0.0337. The predicted octanol–water partition coefficient (Wildman–Crippen LogP) is 2.03. The first-order valence-corrected chi connectivity index (χ1v) is 9.80. The maximum absolute atomic E-state index is 12.7. The predicted molar refractivity (Wildman–Crippen MR) is 107 cm³/mol. The van der Waals surface area contributed by atoms with Crippen molar-refractivity contribution in [3.8, 4) is 11.5 Å². The molecule has 2 heterocycles. The molecule has 0 bridgehead atoms. The highest BCUT2D eigenvalue weighted by Gasteiger charge is 2.32. The van der Waals surface area contributed by atoms with Crippen LogP contribution in [0.15, 0.2) is 36.4 Å². The number of amides is 1. The van der Waals surface area contributed by atoms with Gasteiger partial charge in [-0.15, -0.1) is 0 Å². The lowest BCUT2D eigenvalue weighted by molar-refractivity contribution is -0.910. The Bertz CT molecular complexity index is 946. The zero-order chi connectivity index (χ0) is 20.4. The second kappa shape index (κ2) is 8.08. The number of hydrogen-bond donors (Lipinski definition) is 2. The van der Waals surface area contributed by atoms with E-state index < -0.39 is 4.92 Å². The van der Waals surface area contributed by atoms with Crippen LogP contribution in [0.5, 0.6) is 11.5 Å². The van der Waals surface area contributed by atoms with E-state index in [1.807, 2.05) is 25.1 Å². The van der Waals surface area contributed by atoms with Crippen LogP contribution in [-0.2, 0) is 4.79 Å². The second-order valence-electron chi connectivity index (χ2n) is 7.49. The number of aryl methyl sites for hydroxylation is 1. The van der Waals surface area contributed by atoms with E-state index in [4.69, 9.17) is 9.47 Å². The van der Waals surface area contributed by atoms with Gasteiger partial charge >= 0.3 is 0 Å². The van der Waals surface area contributed by atoms with E-state index in [2.05, 4.69) is 5.32 Å². The van der Waals surface area contributed by atoms with Gasteiger partial charge in [0.15, 0.2) is 18.0 Å². The SMILES string of the molecule is Cc1ccc([N+](=O)[O-])cc1NC(=O)C[NH+]1CCC[C@@H]1c1ccc2c(c1)OCCO2. The fraction of sp³-hybridized carbons (Fsp3) is 0.381. The number of nitrogens with zero attached hydrogens (tertiary/aromatic N) is 1. The molecule has 0 radical (unpaired) electrons. The van der Waals surface area contributed by atoms with Gasteiger partial charge in [-0.3, -0.25) is 14.9 Å². The third kappa shape index (κ3) is 4.17. The molecule has 29 heavy (non-hydrogen) atoms. The van der Waals surface area contributed by atoms with Gasteiger partial charge in [0.25, 0.3) is 11.6 Å². The van der Waals surface area contributed by atoms with Crippen molar-refractivity contribution in [1.82, 2.24) is 0 Å². The van der Waals surface area contributed by atoms with Gasteiger partial charge < -0.3 is 19.7 Å². The van der Waals surface area contributed by atoms with Crippen LogP contribution < -0.4 is 19.7 Å². The summed E-state index contributed by atoms with van der Waals surface area (Å²) in [7, 11) is 0. The van der Waals surface area contributed by atoms with Gasteiger partial charge in [0.05, 0.1) is 17.2 Å². The minimum atomic E-state index is -0.460. The van der Waals surface area contributed by atoms with E-state index in [-0.39, 0.29) is 17.6 Å². The number of ether oxygens (including phenoxy) is 2. The minimum Gasteiger partial charge on any atom is -0.486 e. The van der Waals surface area contributed by atoms with Crippen LogP contribution in [0.1, 0.15) is 30.0 Å². The van der Waals surface area contributed by atoms with Gasteiger partial charge in [0.1, 0.15) is 19.3 Å². The number of fused-ring (bicyclic) bond motifs is 1. The third-order valence-corrected chi connectivity index (χ3v) is 5.55. The zero-order valence-electron chi connectivity index (χ0n) is 16.3. The summed E-state index contributed by atoms with van der Waals surface area (Å²) in [6, 6.07) is 10.7. The molecule has 1 fully saturated rings. The number of carbonyl (C=O) groups is 1.